The second-order valence-electron chi connectivity index (χ2n) is 3.72. The summed E-state index contributed by atoms with van der Waals surface area (Å²) in [4.78, 5) is 11.3. The van der Waals surface area contributed by atoms with E-state index < -0.39 is 15.1 Å². The van der Waals surface area contributed by atoms with Gasteiger partial charge in [-0.15, -0.1) is 0 Å². The predicted molar refractivity (Wildman–Crippen MR) is 69.6 cm³/mol. The number of nitrogens with one attached hydrogen (secondary N) is 1. The fraction of sp³-hybridized carbons (Fsp3) is 0.364. The van der Waals surface area contributed by atoms with Gasteiger partial charge in [-0.1, -0.05) is 0 Å². The quantitative estimate of drug-likeness (QED) is 0.869. The number of amides is 1. The molecule has 0 unspecified atom stereocenters. The topological polar surface area (TPSA) is 72.5 Å². The number of halogens is 1. The largest absolute Gasteiger partial charge is 0.450 e. The van der Waals surface area contributed by atoms with E-state index in [-0.39, 0.29) is 11.5 Å². The van der Waals surface area contributed by atoms with E-state index in [2.05, 4.69) is 5.32 Å². The minimum absolute atomic E-state index is 0.00794. The molecule has 0 saturated carbocycles. The number of anilines is 1. The third-order valence-corrected chi connectivity index (χ3v) is 3.62. The summed E-state index contributed by atoms with van der Waals surface area (Å²) < 4.78 is 27.2. The lowest BCUT2D eigenvalue weighted by atomic mass is 10.1. The molecular formula is C11H14ClNO4S. The van der Waals surface area contributed by atoms with Crippen LogP contribution in [-0.2, 0) is 13.8 Å². The SMILES string of the molecule is CCOC(=O)Nc1c(C)cc(S(=O)(=O)Cl)cc1C. The molecule has 0 aliphatic carbocycles. The molecule has 0 bridgehead atoms. The molecule has 0 aliphatic heterocycles. The summed E-state index contributed by atoms with van der Waals surface area (Å²) in [5, 5.41) is 2.56. The highest BCUT2D eigenvalue weighted by Crippen LogP contribution is 2.26. The van der Waals surface area contributed by atoms with Crippen molar-refractivity contribution >= 4 is 31.5 Å². The van der Waals surface area contributed by atoms with Crippen LogP contribution in [0, 0.1) is 13.8 Å². The van der Waals surface area contributed by atoms with Crippen LogP contribution in [-0.4, -0.2) is 21.1 Å². The van der Waals surface area contributed by atoms with Gasteiger partial charge in [-0.2, -0.15) is 0 Å². The van der Waals surface area contributed by atoms with Gasteiger partial charge in [0.15, 0.2) is 0 Å². The predicted octanol–water partition coefficient (Wildman–Crippen LogP) is 2.80. The van der Waals surface area contributed by atoms with E-state index in [0.717, 1.165) is 0 Å². The molecule has 1 aromatic carbocycles. The molecule has 0 aromatic heterocycles. The molecule has 18 heavy (non-hydrogen) atoms. The van der Waals surface area contributed by atoms with Gasteiger partial charge in [0.25, 0.3) is 9.05 Å². The van der Waals surface area contributed by atoms with E-state index in [4.69, 9.17) is 15.4 Å². The Morgan fingerprint density at radius 1 is 1.33 bits per heavy atom. The van der Waals surface area contributed by atoms with Gasteiger partial charge in [0.2, 0.25) is 0 Å². The van der Waals surface area contributed by atoms with Crippen LogP contribution >= 0.6 is 10.7 Å². The number of rotatable bonds is 3. The van der Waals surface area contributed by atoms with Crippen LogP contribution in [0.5, 0.6) is 0 Å². The zero-order chi connectivity index (χ0) is 13.9. The average molecular weight is 292 g/mol. The molecule has 0 spiro atoms. The monoisotopic (exact) mass is 291 g/mol. The van der Waals surface area contributed by atoms with Crippen molar-refractivity contribution in [2.24, 2.45) is 0 Å². The summed E-state index contributed by atoms with van der Waals surface area (Å²) in [6.07, 6.45) is -0.579. The molecule has 7 heteroatoms. The second kappa shape index (κ2) is 5.58. The van der Waals surface area contributed by atoms with E-state index in [1.807, 2.05) is 0 Å². The number of carbonyl (C=O) groups excluding carboxylic acids is 1. The van der Waals surface area contributed by atoms with Crippen molar-refractivity contribution in [3.05, 3.63) is 23.3 Å². The maximum absolute atomic E-state index is 11.3. The number of benzene rings is 1. The van der Waals surface area contributed by atoms with Crippen molar-refractivity contribution in [1.82, 2.24) is 0 Å². The molecule has 1 rings (SSSR count). The van der Waals surface area contributed by atoms with Gasteiger partial charge in [-0.3, -0.25) is 5.32 Å². The summed E-state index contributed by atoms with van der Waals surface area (Å²) >= 11 is 0. The molecule has 0 atom stereocenters. The Labute approximate surface area is 111 Å². The number of ether oxygens (including phenoxy) is 1. The molecule has 0 saturated heterocycles. The van der Waals surface area contributed by atoms with E-state index in [9.17, 15) is 13.2 Å². The first-order valence-corrected chi connectivity index (χ1v) is 7.56. The Morgan fingerprint density at radius 3 is 2.22 bits per heavy atom. The van der Waals surface area contributed by atoms with Gasteiger partial charge in [-0.05, 0) is 44.0 Å². The van der Waals surface area contributed by atoms with Crippen LogP contribution in [0.3, 0.4) is 0 Å². The molecule has 1 aromatic rings. The fourth-order valence-corrected chi connectivity index (χ4v) is 2.43. The first kappa shape index (κ1) is 14.8. The number of hydrogen-bond donors (Lipinski definition) is 1. The first-order valence-electron chi connectivity index (χ1n) is 5.25. The van der Waals surface area contributed by atoms with Crippen LogP contribution in [0.4, 0.5) is 10.5 Å². The highest BCUT2D eigenvalue weighted by Gasteiger charge is 2.15. The molecular weight excluding hydrogens is 278 g/mol. The standard InChI is InChI=1S/C11H14ClNO4S/c1-4-17-11(14)13-10-7(2)5-9(6-8(10)3)18(12,15)16/h5-6H,4H2,1-3H3,(H,13,14). The maximum atomic E-state index is 11.3. The Morgan fingerprint density at radius 2 is 1.83 bits per heavy atom. The van der Waals surface area contributed by atoms with Gasteiger partial charge in [-0.25, -0.2) is 13.2 Å². The summed E-state index contributed by atoms with van der Waals surface area (Å²) in [5.41, 5.74) is 1.72. The van der Waals surface area contributed by atoms with Gasteiger partial charge >= 0.3 is 6.09 Å². The van der Waals surface area contributed by atoms with Crippen molar-refractivity contribution in [2.75, 3.05) is 11.9 Å². The lowest BCUT2D eigenvalue weighted by molar-refractivity contribution is 0.168. The number of hydrogen-bond acceptors (Lipinski definition) is 4. The number of carbonyl (C=O) groups is 1. The van der Waals surface area contributed by atoms with Gasteiger partial charge in [0.1, 0.15) is 0 Å². The normalized spacial score (nSPS) is 11.1. The van der Waals surface area contributed by atoms with Crippen molar-refractivity contribution < 1.29 is 17.9 Å². The van der Waals surface area contributed by atoms with Crippen molar-refractivity contribution in [3.8, 4) is 0 Å². The minimum atomic E-state index is -3.78. The summed E-state index contributed by atoms with van der Waals surface area (Å²) in [6.45, 7) is 5.32. The van der Waals surface area contributed by atoms with Crippen molar-refractivity contribution in [2.45, 2.75) is 25.7 Å². The van der Waals surface area contributed by atoms with E-state index in [0.29, 0.717) is 16.8 Å². The Balaban J connectivity index is 3.13. The molecule has 5 nitrogen and oxygen atoms in total. The Hall–Kier alpha value is -1.27. The number of aryl methyl sites for hydroxylation is 2. The molecule has 1 amide bonds. The maximum Gasteiger partial charge on any atom is 0.411 e. The van der Waals surface area contributed by atoms with E-state index >= 15 is 0 Å². The van der Waals surface area contributed by atoms with Crippen molar-refractivity contribution in [3.63, 3.8) is 0 Å². The highest BCUT2D eigenvalue weighted by molar-refractivity contribution is 8.13. The molecule has 0 heterocycles. The Kier molecular flexibility index (Phi) is 4.59. The van der Waals surface area contributed by atoms with Gasteiger partial charge in [0.05, 0.1) is 11.5 Å². The molecule has 0 aliphatic rings. The molecule has 0 fully saturated rings. The van der Waals surface area contributed by atoms with Crippen LogP contribution in [0.1, 0.15) is 18.1 Å². The lowest BCUT2D eigenvalue weighted by Gasteiger charge is -2.12. The van der Waals surface area contributed by atoms with E-state index in [1.54, 1.807) is 20.8 Å². The summed E-state index contributed by atoms with van der Waals surface area (Å²) in [5.74, 6) is 0. The fourth-order valence-electron chi connectivity index (χ4n) is 1.53. The molecule has 1 N–H and O–H groups in total. The van der Waals surface area contributed by atoms with Gasteiger partial charge in [0, 0.05) is 16.4 Å². The smallest absolute Gasteiger partial charge is 0.411 e. The van der Waals surface area contributed by atoms with E-state index in [1.165, 1.54) is 12.1 Å². The summed E-state index contributed by atoms with van der Waals surface area (Å²) in [7, 11) is 1.50. The van der Waals surface area contributed by atoms with Crippen LogP contribution < -0.4 is 5.32 Å². The van der Waals surface area contributed by atoms with Crippen LogP contribution in [0.15, 0.2) is 17.0 Å². The lowest BCUT2D eigenvalue weighted by Crippen LogP contribution is -2.15. The van der Waals surface area contributed by atoms with Crippen LogP contribution in [0.2, 0.25) is 0 Å². The zero-order valence-electron chi connectivity index (χ0n) is 10.3. The highest BCUT2D eigenvalue weighted by atomic mass is 35.7. The minimum Gasteiger partial charge on any atom is -0.450 e. The Bertz CT molecular complexity index is 545. The first-order chi connectivity index (χ1) is 8.25. The van der Waals surface area contributed by atoms with Crippen LogP contribution in [0.25, 0.3) is 0 Å². The van der Waals surface area contributed by atoms with Gasteiger partial charge < -0.3 is 4.74 Å². The third-order valence-electron chi connectivity index (χ3n) is 2.29. The van der Waals surface area contributed by atoms with Crippen molar-refractivity contribution in [1.29, 1.82) is 0 Å². The second-order valence-corrected chi connectivity index (χ2v) is 6.28. The summed E-state index contributed by atoms with van der Waals surface area (Å²) in [6, 6.07) is 2.80. The molecule has 100 valence electrons. The average Bonchev–Trinajstić information content (AvgIpc) is 2.22. The molecule has 0 radical (unpaired) electrons. The third kappa shape index (κ3) is 3.61. The zero-order valence-corrected chi connectivity index (χ0v) is 11.9.